The molecule has 0 radical (unpaired) electrons. The Hall–Kier alpha value is -0.570. The van der Waals surface area contributed by atoms with E-state index in [1.54, 1.807) is 0 Å². The van der Waals surface area contributed by atoms with Crippen molar-refractivity contribution in [3.8, 4) is 0 Å². The van der Waals surface area contributed by atoms with Crippen LogP contribution >= 0.6 is 0 Å². The van der Waals surface area contributed by atoms with Crippen LogP contribution in [0.25, 0.3) is 0 Å². The summed E-state index contributed by atoms with van der Waals surface area (Å²) in [6, 6.07) is 0. The predicted octanol–water partition coefficient (Wildman–Crippen LogP) is 2.26. The van der Waals surface area contributed by atoms with Crippen molar-refractivity contribution < 1.29 is 4.79 Å². The Labute approximate surface area is 111 Å². The van der Waals surface area contributed by atoms with Crippen molar-refractivity contribution in [2.45, 2.75) is 46.0 Å². The summed E-state index contributed by atoms with van der Waals surface area (Å²) in [5, 5.41) is 0. The summed E-state index contributed by atoms with van der Waals surface area (Å²) in [5.74, 6) is 2.80. The summed E-state index contributed by atoms with van der Waals surface area (Å²) in [4.78, 5) is 14.6. The van der Waals surface area contributed by atoms with E-state index in [1.807, 2.05) is 0 Å². The SMILES string of the molecule is CC(C)C1CCN(C(=O)C2CCC(CN)CC2)C1. The third-order valence-electron chi connectivity index (χ3n) is 5.01. The highest BCUT2D eigenvalue weighted by molar-refractivity contribution is 5.79. The molecule has 1 saturated heterocycles. The molecule has 18 heavy (non-hydrogen) atoms. The van der Waals surface area contributed by atoms with Gasteiger partial charge in [0.15, 0.2) is 0 Å². The van der Waals surface area contributed by atoms with Crippen molar-refractivity contribution in [1.29, 1.82) is 0 Å². The molecule has 2 rings (SSSR count). The molecule has 1 aliphatic carbocycles. The van der Waals surface area contributed by atoms with Gasteiger partial charge in [-0.15, -0.1) is 0 Å². The van der Waals surface area contributed by atoms with Crippen molar-refractivity contribution in [3.05, 3.63) is 0 Å². The van der Waals surface area contributed by atoms with E-state index in [4.69, 9.17) is 5.73 Å². The van der Waals surface area contributed by atoms with Gasteiger partial charge in [-0.05, 0) is 56.4 Å². The maximum Gasteiger partial charge on any atom is 0.225 e. The summed E-state index contributed by atoms with van der Waals surface area (Å²) < 4.78 is 0. The van der Waals surface area contributed by atoms with Crippen LogP contribution in [0.4, 0.5) is 0 Å². The molecular weight excluding hydrogens is 224 g/mol. The van der Waals surface area contributed by atoms with Gasteiger partial charge < -0.3 is 10.6 Å². The average Bonchev–Trinajstić information content (AvgIpc) is 2.88. The molecule has 1 heterocycles. The first-order chi connectivity index (χ1) is 8.61. The van der Waals surface area contributed by atoms with Crippen LogP contribution in [0.3, 0.4) is 0 Å². The molecule has 0 bridgehead atoms. The Morgan fingerprint density at radius 2 is 1.89 bits per heavy atom. The van der Waals surface area contributed by atoms with E-state index in [0.717, 1.165) is 45.3 Å². The Bertz CT molecular complexity index is 282. The zero-order chi connectivity index (χ0) is 13.1. The van der Waals surface area contributed by atoms with Crippen LogP contribution in [-0.2, 0) is 4.79 Å². The standard InChI is InChI=1S/C15H28N2O/c1-11(2)14-7-8-17(10-14)15(18)13-5-3-12(9-16)4-6-13/h11-14H,3-10,16H2,1-2H3. The van der Waals surface area contributed by atoms with Gasteiger partial charge in [0.1, 0.15) is 0 Å². The molecule has 1 unspecified atom stereocenters. The van der Waals surface area contributed by atoms with Crippen molar-refractivity contribution >= 4 is 5.91 Å². The largest absolute Gasteiger partial charge is 0.342 e. The van der Waals surface area contributed by atoms with Gasteiger partial charge in [0.25, 0.3) is 0 Å². The lowest BCUT2D eigenvalue weighted by Crippen LogP contribution is -2.37. The van der Waals surface area contributed by atoms with Crippen molar-refractivity contribution in [2.75, 3.05) is 19.6 Å². The molecule has 0 spiro atoms. The van der Waals surface area contributed by atoms with Crippen LogP contribution in [0.15, 0.2) is 0 Å². The average molecular weight is 252 g/mol. The molecule has 104 valence electrons. The zero-order valence-corrected chi connectivity index (χ0v) is 11.9. The van der Waals surface area contributed by atoms with E-state index in [2.05, 4.69) is 18.7 Å². The summed E-state index contributed by atoms with van der Waals surface area (Å²) in [6.07, 6.45) is 5.61. The monoisotopic (exact) mass is 252 g/mol. The van der Waals surface area contributed by atoms with Crippen LogP contribution < -0.4 is 5.73 Å². The molecule has 2 N–H and O–H groups in total. The van der Waals surface area contributed by atoms with Gasteiger partial charge in [-0.1, -0.05) is 13.8 Å². The Kier molecular flexibility index (Phi) is 4.66. The second-order valence-corrected chi connectivity index (χ2v) is 6.53. The fraction of sp³-hybridized carbons (Fsp3) is 0.933. The van der Waals surface area contributed by atoms with E-state index in [-0.39, 0.29) is 0 Å². The Balaban J connectivity index is 1.82. The summed E-state index contributed by atoms with van der Waals surface area (Å²) in [6.45, 7) is 7.31. The van der Waals surface area contributed by atoms with Gasteiger partial charge in [0.2, 0.25) is 5.91 Å². The van der Waals surface area contributed by atoms with E-state index in [9.17, 15) is 4.79 Å². The fourth-order valence-electron chi connectivity index (χ4n) is 3.43. The summed E-state index contributed by atoms with van der Waals surface area (Å²) in [7, 11) is 0. The quantitative estimate of drug-likeness (QED) is 0.837. The molecule has 1 saturated carbocycles. The first kappa shape index (κ1) is 13.9. The zero-order valence-electron chi connectivity index (χ0n) is 11.9. The molecule has 0 aromatic heterocycles. The number of hydrogen-bond acceptors (Lipinski definition) is 2. The molecule has 3 nitrogen and oxygen atoms in total. The number of rotatable bonds is 3. The first-order valence-electron chi connectivity index (χ1n) is 7.60. The second-order valence-electron chi connectivity index (χ2n) is 6.53. The predicted molar refractivity (Wildman–Crippen MR) is 74.0 cm³/mol. The first-order valence-corrected chi connectivity index (χ1v) is 7.60. The van der Waals surface area contributed by atoms with Crippen LogP contribution in [-0.4, -0.2) is 30.4 Å². The molecule has 0 aromatic rings. The minimum atomic E-state index is 0.290. The molecule has 1 amide bonds. The molecule has 2 aliphatic rings. The highest BCUT2D eigenvalue weighted by atomic mass is 16.2. The molecule has 0 aromatic carbocycles. The number of carbonyl (C=O) groups is 1. The van der Waals surface area contributed by atoms with E-state index < -0.39 is 0 Å². The Morgan fingerprint density at radius 1 is 1.22 bits per heavy atom. The van der Waals surface area contributed by atoms with Gasteiger partial charge in [-0.3, -0.25) is 4.79 Å². The number of carbonyl (C=O) groups excluding carboxylic acids is 1. The normalized spacial score (nSPS) is 33.1. The molecule has 1 aliphatic heterocycles. The second kappa shape index (κ2) is 6.05. The van der Waals surface area contributed by atoms with Crippen molar-refractivity contribution in [3.63, 3.8) is 0 Å². The molecule has 3 heteroatoms. The molecular formula is C15H28N2O. The topological polar surface area (TPSA) is 46.3 Å². The Morgan fingerprint density at radius 3 is 2.39 bits per heavy atom. The smallest absolute Gasteiger partial charge is 0.225 e. The van der Waals surface area contributed by atoms with Crippen molar-refractivity contribution in [2.24, 2.45) is 29.4 Å². The summed E-state index contributed by atoms with van der Waals surface area (Å²) in [5.41, 5.74) is 5.70. The van der Waals surface area contributed by atoms with E-state index in [1.165, 1.54) is 6.42 Å². The lowest BCUT2D eigenvalue weighted by molar-refractivity contribution is -0.135. The lowest BCUT2D eigenvalue weighted by Gasteiger charge is -2.30. The minimum Gasteiger partial charge on any atom is -0.342 e. The highest BCUT2D eigenvalue weighted by Gasteiger charge is 2.33. The molecule has 2 fully saturated rings. The van der Waals surface area contributed by atoms with Crippen LogP contribution in [0.5, 0.6) is 0 Å². The van der Waals surface area contributed by atoms with Crippen LogP contribution in [0.1, 0.15) is 46.0 Å². The number of nitrogens with zero attached hydrogens (tertiary/aromatic N) is 1. The van der Waals surface area contributed by atoms with Gasteiger partial charge in [-0.2, -0.15) is 0 Å². The van der Waals surface area contributed by atoms with Crippen LogP contribution in [0, 0.1) is 23.7 Å². The van der Waals surface area contributed by atoms with Crippen molar-refractivity contribution in [1.82, 2.24) is 4.90 Å². The minimum absolute atomic E-state index is 0.290. The molecule has 1 atom stereocenters. The third-order valence-corrected chi connectivity index (χ3v) is 5.01. The van der Waals surface area contributed by atoms with E-state index >= 15 is 0 Å². The number of amides is 1. The van der Waals surface area contributed by atoms with Gasteiger partial charge in [0, 0.05) is 19.0 Å². The van der Waals surface area contributed by atoms with Gasteiger partial charge in [-0.25, -0.2) is 0 Å². The van der Waals surface area contributed by atoms with Gasteiger partial charge >= 0.3 is 0 Å². The highest BCUT2D eigenvalue weighted by Crippen LogP contribution is 2.32. The van der Waals surface area contributed by atoms with E-state index in [0.29, 0.717) is 29.6 Å². The number of likely N-dealkylation sites (tertiary alicyclic amines) is 1. The summed E-state index contributed by atoms with van der Waals surface area (Å²) >= 11 is 0. The van der Waals surface area contributed by atoms with Crippen LogP contribution in [0.2, 0.25) is 0 Å². The fourth-order valence-corrected chi connectivity index (χ4v) is 3.43. The third kappa shape index (κ3) is 3.05. The maximum absolute atomic E-state index is 12.5. The lowest BCUT2D eigenvalue weighted by atomic mass is 9.81. The van der Waals surface area contributed by atoms with Gasteiger partial charge in [0.05, 0.1) is 0 Å². The number of nitrogens with two attached hydrogens (primary N) is 1. The number of hydrogen-bond donors (Lipinski definition) is 1. The maximum atomic E-state index is 12.5.